The highest BCUT2D eigenvalue weighted by Gasteiger charge is 2.26. The summed E-state index contributed by atoms with van der Waals surface area (Å²) in [5, 5.41) is 0. The minimum absolute atomic E-state index is 0.0634. The van der Waals surface area contributed by atoms with Gasteiger partial charge < -0.3 is 0 Å². The summed E-state index contributed by atoms with van der Waals surface area (Å²) in [7, 11) is 0. The number of fused-ring (bicyclic) bond motifs is 1. The van der Waals surface area contributed by atoms with Crippen molar-refractivity contribution in [3.63, 3.8) is 0 Å². The smallest absolute Gasteiger partial charge is 0.259 e. The molecule has 24 heavy (non-hydrogen) atoms. The van der Waals surface area contributed by atoms with Crippen LogP contribution in [0.1, 0.15) is 37.1 Å². The Bertz CT molecular complexity index is 779. The van der Waals surface area contributed by atoms with Gasteiger partial charge in [-0.3, -0.25) is 19.2 Å². The highest BCUT2D eigenvalue weighted by atomic mass is 16.1. The SMILES string of the molecule is CCCN1CN(c2ccc(CC)cc2)c2nc(C)c(C)c(=O)n2C1. The Morgan fingerprint density at radius 2 is 1.79 bits per heavy atom. The Morgan fingerprint density at radius 1 is 1.08 bits per heavy atom. The van der Waals surface area contributed by atoms with E-state index in [0.717, 1.165) is 48.9 Å². The molecule has 1 aromatic carbocycles. The molecular formula is C19H26N4O. The molecule has 0 amide bonds. The molecule has 1 aromatic heterocycles. The second-order valence-corrected chi connectivity index (χ2v) is 6.48. The summed E-state index contributed by atoms with van der Waals surface area (Å²) >= 11 is 0. The van der Waals surface area contributed by atoms with Crippen molar-refractivity contribution >= 4 is 11.6 Å². The van der Waals surface area contributed by atoms with Crippen molar-refractivity contribution in [1.29, 1.82) is 0 Å². The average molecular weight is 326 g/mol. The topological polar surface area (TPSA) is 41.4 Å². The maximum absolute atomic E-state index is 12.7. The summed E-state index contributed by atoms with van der Waals surface area (Å²) in [4.78, 5) is 21.9. The predicted molar refractivity (Wildman–Crippen MR) is 97.8 cm³/mol. The van der Waals surface area contributed by atoms with Crippen molar-refractivity contribution < 1.29 is 0 Å². The van der Waals surface area contributed by atoms with Crippen molar-refractivity contribution in [3.05, 3.63) is 51.4 Å². The summed E-state index contributed by atoms with van der Waals surface area (Å²) in [6, 6.07) is 8.55. The van der Waals surface area contributed by atoms with Crippen LogP contribution in [-0.2, 0) is 13.1 Å². The van der Waals surface area contributed by atoms with E-state index in [2.05, 4.69) is 47.9 Å². The maximum Gasteiger partial charge on any atom is 0.259 e. The van der Waals surface area contributed by atoms with Crippen molar-refractivity contribution in [3.8, 4) is 0 Å². The van der Waals surface area contributed by atoms with Gasteiger partial charge in [-0.15, -0.1) is 0 Å². The van der Waals surface area contributed by atoms with Gasteiger partial charge in [0.2, 0.25) is 5.95 Å². The Kier molecular flexibility index (Phi) is 4.71. The number of hydrogen-bond acceptors (Lipinski definition) is 4. The molecule has 128 valence electrons. The highest BCUT2D eigenvalue weighted by molar-refractivity contribution is 5.58. The van der Waals surface area contributed by atoms with Gasteiger partial charge in [-0.2, -0.15) is 0 Å². The molecule has 5 nitrogen and oxygen atoms in total. The highest BCUT2D eigenvalue weighted by Crippen LogP contribution is 2.27. The molecule has 2 heterocycles. The summed E-state index contributed by atoms with van der Waals surface area (Å²) in [6.07, 6.45) is 2.08. The van der Waals surface area contributed by atoms with Crippen LogP contribution in [0.4, 0.5) is 11.6 Å². The Hall–Kier alpha value is -2.14. The standard InChI is InChI=1S/C19H26N4O/c1-5-11-21-12-22(17-9-7-16(6-2)8-10-17)19-20-15(4)14(3)18(24)23(19)13-21/h7-10H,5-6,11-13H2,1-4H3. The number of aryl methyl sites for hydroxylation is 2. The van der Waals surface area contributed by atoms with Gasteiger partial charge in [0.25, 0.3) is 5.56 Å². The fraction of sp³-hybridized carbons (Fsp3) is 0.474. The predicted octanol–water partition coefficient (Wildman–Crippen LogP) is 3.20. The third kappa shape index (κ3) is 2.96. The molecule has 1 aliphatic heterocycles. The maximum atomic E-state index is 12.7. The van der Waals surface area contributed by atoms with Crippen LogP contribution in [0.25, 0.3) is 0 Å². The summed E-state index contributed by atoms with van der Waals surface area (Å²) in [6.45, 7) is 10.4. The third-order valence-electron chi connectivity index (χ3n) is 4.74. The van der Waals surface area contributed by atoms with E-state index in [9.17, 15) is 4.79 Å². The van der Waals surface area contributed by atoms with Crippen LogP contribution in [0.2, 0.25) is 0 Å². The molecule has 2 aromatic rings. The summed E-state index contributed by atoms with van der Waals surface area (Å²) in [5.74, 6) is 0.750. The molecule has 0 aliphatic carbocycles. The second kappa shape index (κ2) is 6.77. The molecule has 3 rings (SSSR count). The average Bonchev–Trinajstić information content (AvgIpc) is 2.60. The van der Waals surface area contributed by atoms with Crippen LogP contribution in [0.3, 0.4) is 0 Å². The number of anilines is 2. The lowest BCUT2D eigenvalue weighted by Gasteiger charge is -2.38. The summed E-state index contributed by atoms with van der Waals surface area (Å²) in [5.41, 5.74) is 4.00. The zero-order chi connectivity index (χ0) is 17.3. The first kappa shape index (κ1) is 16.7. The van der Waals surface area contributed by atoms with Gasteiger partial charge in [-0.05, 0) is 44.4 Å². The molecule has 0 bridgehead atoms. The monoisotopic (exact) mass is 326 g/mol. The van der Waals surface area contributed by atoms with E-state index < -0.39 is 0 Å². The van der Waals surface area contributed by atoms with Gasteiger partial charge >= 0.3 is 0 Å². The lowest BCUT2D eigenvalue weighted by molar-refractivity contribution is 0.198. The Labute approximate surface area is 143 Å². The second-order valence-electron chi connectivity index (χ2n) is 6.48. The van der Waals surface area contributed by atoms with E-state index in [0.29, 0.717) is 6.67 Å². The van der Waals surface area contributed by atoms with E-state index in [4.69, 9.17) is 4.98 Å². The number of hydrogen-bond donors (Lipinski definition) is 0. The van der Waals surface area contributed by atoms with Crippen LogP contribution < -0.4 is 10.5 Å². The van der Waals surface area contributed by atoms with Gasteiger partial charge in [0.1, 0.15) is 0 Å². The minimum atomic E-state index is 0.0634. The van der Waals surface area contributed by atoms with Gasteiger partial charge in [-0.1, -0.05) is 26.0 Å². The van der Waals surface area contributed by atoms with Crippen LogP contribution in [0.15, 0.2) is 29.1 Å². The number of aromatic nitrogens is 2. The molecule has 0 radical (unpaired) electrons. The first-order valence-corrected chi connectivity index (χ1v) is 8.72. The molecule has 0 saturated carbocycles. The minimum Gasteiger partial charge on any atom is -0.298 e. The fourth-order valence-corrected chi connectivity index (χ4v) is 3.15. The fourth-order valence-electron chi connectivity index (χ4n) is 3.15. The first-order chi connectivity index (χ1) is 11.5. The molecule has 1 aliphatic rings. The zero-order valence-corrected chi connectivity index (χ0v) is 15.0. The lowest BCUT2D eigenvalue weighted by Crippen LogP contribution is -2.48. The van der Waals surface area contributed by atoms with Gasteiger partial charge in [0, 0.05) is 23.5 Å². The number of benzene rings is 1. The first-order valence-electron chi connectivity index (χ1n) is 8.72. The summed E-state index contributed by atoms with van der Waals surface area (Å²) < 4.78 is 1.80. The number of nitrogens with zero attached hydrogens (tertiary/aromatic N) is 4. The van der Waals surface area contributed by atoms with Crippen LogP contribution in [0.5, 0.6) is 0 Å². The molecule has 0 atom stereocenters. The van der Waals surface area contributed by atoms with E-state index in [-0.39, 0.29) is 5.56 Å². The molecular weight excluding hydrogens is 300 g/mol. The largest absolute Gasteiger partial charge is 0.298 e. The van der Waals surface area contributed by atoms with Crippen molar-refractivity contribution in [1.82, 2.24) is 14.5 Å². The number of rotatable bonds is 4. The van der Waals surface area contributed by atoms with Crippen LogP contribution >= 0.6 is 0 Å². The van der Waals surface area contributed by atoms with E-state index in [1.54, 1.807) is 4.57 Å². The molecule has 0 fully saturated rings. The van der Waals surface area contributed by atoms with Crippen molar-refractivity contribution in [2.24, 2.45) is 0 Å². The van der Waals surface area contributed by atoms with Crippen molar-refractivity contribution in [2.45, 2.75) is 47.2 Å². The molecule has 0 N–H and O–H groups in total. The lowest BCUT2D eigenvalue weighted by atomic mass is 10.1. The Balaban J connectivity index is 2.10. The van der Waals surface area contributed by atoms with Gasteiger partial charge in [0.15, 0.2) is 0 Å². The van der Waals surface area contributed by atoms with Crippen LogP contribution in [-0.4, -0.2) is 27.7 Å². The molecule has 0 saturated heterocycles. The van der Waals surface area contributed by atoms with Crippen molar-refractivity contribution in [2.75, 3.05) is 18.1 Å². The zero-order valence-electron chi connectivity index (χ0n) is 15.0. The van der Waals surface area contributed by atoms with Gasteiger partial charge in [-0.25, -0.2) is 4.98 Å². The van der Waals surface area contributed by atoms with Gasteiger partial charge in [0.05, 0.1) is 13.3 Å². The van der Waals surface area contributed by atoms with Crippen LogP contribution in [0, 0.1) is 13.8 Å². The van der Waals surface area contributed by atoms with E-state index in [1.807, 2.05) is 13.8 Å². The molecule has 0 unspecified atom stereocenters. The quantitative estimate of drug-likeness (QED) is 0.865. The molecule has 0 spiro atoms. The normalized spacial score (nSPS) is 14.8. The van der Waals surface area contributed by atoms with E-state index >= 15 is 0 Å². The Morgan fingerprint density at radius 3 is 2.42 bits per heavy atom. The molecule has 5 heteroatoms. The third-order valence-corrected chi connectivity index (χ3v) is 4.74. The van der Waals surface area contributed by atoms with E-state index in [1.165, 1.54) is 5.56 Å².